The highest BCUT2D eigenvalue weighted by molar-refractivity contribution is 9.10. The largest absolute Gasteiger partial charge is 0.453 e. The van der Waals surface area contributed by atoms with Crippen LogP contribution in [0.25, 0.3) is 0 Å². The normalized spacial score (nSPS) is 38.1. The quantitative estimate of drug-likeness (QED) is 0.216. The summed E-state index contributed by atoms with van der Waals surface area (Å²) in [5.41, 5.74) is -2.42. The topological polar surface area (TPSA) is 98.8 Å². The van der Waals surface area contributed by atoms with Crippen LogP contribution in [0, 0.1) is 0 Å². The van der Waals surface area contributed by atoms with Gasteiger partial charge in [0.25, 0.3) is 0 Å². The first-order valence-electron chi connectivity index (χ1n) is 20.1. The molecule has 0 amide bonds. The maximum absolute atomic E-state index is 13.0. The molecular weight excluding hydrogens is 832 g/mol. The molecule has 7 rings (SSSR count). The highest BCUT2D eigenvalue weighted by Crippen LogP contribution is 2.52. The van der Waals surface area contributed by atoms with Gasteiger partial charge in [-0.1, -0.05) is 31.9 Å². The summed E-state index contributed by atoms with van der Waals surface area (Å²) in [6, 6.07) is 14.4. The third-order valence-corrected chi connectivity index (χ3v) is 14.5. The van der Waals surface area contributed by atoms with Crippen molar-refractivity contribution in [2.45, 2.75) is 190 Å². The Bertz CT molecular complexity index is 1610. The van der Waals surface area contributed by atoms with Crippen LogP contribution in [0.3, 0.4) is 0 Å². The lowest BCUT2D eigenvalue weighted by molar-refractivity contribution is -0.214. The Balaban J connectivity index is 0.914. The van der Waals surface area contributed by atoms with Crippen molar-refractivity contribution in [1.29, 1.82) is 0 Å². The van der Waals surface area contributed by atoms with Gasteiger partial charge >= 0.3 is 11.9 Å². The van der Waals surface area contributed by atoms with E-state index >= 15 is 0 Å². The van der Waals surface area contributed by atoms with Crippen LogP contribution in [-0.4, -0.2) is 82.2 Å². The third-order valence-electron chi connectivity index (χ3n) is 13.4. The van der Waals surface area contributed by atoms with Crippen molar-refractivity contribution in [2.24, 2.45) is 0 Å². The summed E-state index contributed by atoms with van der Waals surface area (Å²) in [5, 5.41) is 0. The Morgan fingerprint density at radius 2 is 0.855 bits per heavy atom. The fraction of sp³-hybridized carbons (Fsp3) is 0.682. The van der Waals surface area contributed by atoms with Crippen LogP contribution in [0.2, 0.25) is 0 Å². The Labute approximate surface area is 343 Å². The molecule has 0 unspecified atom stereocenters. The van der Waals surface area contributed by atoms with Gasteiger partial charge in [0.2, 0.25) is 0 Å². The maximum atomic E-state index is 13.0. The minimum absolute atomic E-state index is 0.0463. The molecule has 10 atom stereocenters. The Morgan fingerprint density at radius 3 is 1.22 bits per heavy atom. The molecule has 5 saturated heterocycles. The van der Waals surface area contributed by atoms with E-state index in [0.29, 0.717) is 11.1 Å². The lowest BCUT2D eigenvalue weighted by Crippen LogP contribution is -2.49. The van der Waals surface area contributed by atoms with Gasteiger partial charge < -0.3 is 33.2 Å². The molecule has 5 aliphatic heterocycles. The minimum atomic E-state index is -0.800. The predicted octanol–water partition coefficient (Wildman–Crippen LogP) is 10.1. The van der Waals surface area contributed by atoms with E-state index in [0.717, 1.165) is 73.2 Å². The summed E-state index contributed by atoms with van der Waals surface area (Å²) in [7, 11) is 0. The number of ether oxygens (including phenoxy) is 7. The average Bonchev–Trinajstić information content (AvgIpc) is 3.96. The summed E-state index contributed by atoms with van der Waals surface area (Å²) >= 11 is 6.85. The molecule has 9 nitrogen and oxygen atoms in total. The van der Waals surface area contributed by atoms with Gasteiger partial charge in [0, 0.05) is 8.95 Å². The number of carbonyl (C=O) groups is 2. The van der Waals surface area contributed by atoms with Crippen LogP contribution < -0.4 is 0 Å². The van der Waals surface area contributed by atoms with Crippen LogP contribution in [0.1, 0.15) is 140 Å². The van der Waals surface area contributed by atoms with Gasteiger partial charge in [-0.25, -0.2) is 9.59 Å². The van der Waals surface area contributed by atoms with E-state index in [1.165, 1.54) is 0 Å². The maximum Gasteiger partial charge on any atom is 0.338 e. The number of rotatable bonds is 10. The zero-order valence-corrected chi connectivity index (χ0v) is 36.8. The summed E-state index contributed by atoms with van der Waals surface area (Å²) < 4.78 is 48.2. The standard InChI is InChI=1S/C44H58Br2O9/c1-39(2,54-37(47)27-9-13-29(45)14-10-27)31-19-23-43(7,50-31)35-21-25-41(5,52-35)33-17-18-34(49-33)42(6)26-22-36(53-42)44(8)24-20-32(51-44)40(3,4)55-38(48)28-11-15-30(46)16-12-28/h9-16,31-36H,17-26H2,1-8H3/t31-,32+,33-,34+,35-,36+,41+,42-,43+,44-. The molecule has 302 valence electrons. The van der Waals surface area contributed by atoms with Gasteiger partial charge in [0.05, 0.1) is 70.2 Å². The van der Waals surface area contributed by atoms with Crippen LogP contribution in [-0.2, 0) is 33.2 Å². The molecule has 0 bridgehead atoms. The molecule has 0 aromatic heterocycles. The van der Waals surface area contributed by atoms with Crippen molar-refractivity contribution in [3.05, 3.63) is 68.6 Å². The van der Waals surface area contributed by atoms with Crippen molar-refractivity contribution < 1.29 is 42.7 Å². The monoisotopic (exact) mass is 888 g/mol. The van der Waals surface area contributed by atoms with Gasteiger partial charge in [-0.15, -0.1) is 0 Å². The first kappa shape index (κ1) is 41.3. The number of hydrogen-bond acceptors (Lipinski definition) is 9. The molecule has 2 aromatic rings. The second-order valence-corrected chi connectivity index (χ2v) is 20.4. The molecule has 5 heterocycles. The molecule has 0 aliphatic carbocycles. The summed E-state index contributed by atoms with van der Waals surface area (Å²) in [6.45, 7) is 16.4. The van der Waals surface area contributed by atoms with Gasteiger partial charge in [0.1, 0.15) is 11.2 Å². The van der Waals surface area contributed by atoms with Crippen molar-refractivity contribution in [3.8, 4) is 0 Å². The van der Waals surface area contributed by atoms with Crippen LogP contribution in [0.4, 0.5) is 0 Å². The first-order valence-corrected chi connectivity index (χ1v) is 21.7. The van der Waals surface area contributed by atoms with Gasteiger partial charge in [0.15, 0.2) is 0 Å². The zero-order chi connectivity index (χ0) is 39.6. The second-order valence-electron chi connectivity index (χ2n) is 18.5. The zero-order valence-electron chi connectivity index (χ0n) is 33.6. The lowest BCUT2D eigenvalue weighted by Gasteiger charge is -2.39. The number of hydrogen-bond donors (Lipinski definition) is 0. The molecule has 0 saturated carbocycles. The molecule has 0 spiro atoms. The third kappa shape index (κ3) is 8.37. The average molecular weight is 891 g/mol. The van der Waals surface area contributed by atoms with E-state index in [9.17, 15) is 9.59 Å². The molecule has 0 N–H and O–H groups in total. The molecular formula is C44H58Br2O9. The molecule has 0 radical (unpaired) electrons. The van der Waals surface area contributed by atoms with Crippen molar-refractivity contribution >= 4 is 43.8 Å². The molecule has 55 heavy (non-hydrogen) atoms. The summed E-state index contributed by atoms with van der Waals surface area (Å²) in [6.07, 6.45) is 7.80. The number of halogens is 2. The van der Waals surface area contributed by atoms with Crippen LogP contribution in [0.5, 0.6) is 0 Å². The van der Waals surface area contributed by atoms with Gasteiger partial charge in [-0.2, -0.15) is 0 Å². The minimum Gasteiger partial charge on any atom is -0.453 e. The highest BCUT2D eigenvalue weighted by Gasteiger charge is 2.59. The first-order chi connectivity index (χ1) is 25.7. The smallest absolute Gasteiger partial charge is 0.338 e. The molecule has 5 aliphatic rings. The summed E-state index contributed by atoms with van der Waals surface area (Å²) in [4.78, 5) is 26.0. The van der Waals surface area contributed by atoms with Crippen molar-refractivity contribution in [1.82, 2.24) is 0 Å². The lowest BCUT2D eigenvalue weighted by atomic mass is 9.89. The van der Waals surface area contributed by atoms with E-state index < -0.39 is 33.6 Å². The molecule has 11 heteroatoms. The SMILES string of the molecule is CC(C)(OC(=O)c1ccc(Br)cc1)[C@@H]1CC[C@](C)([C@@H]2CC[C@](C)([C@@H]3CC[C@H]([C@]4(C)CC[C@H]([C@]5(C)CC[C@H](C(C)(C)OC(=O)c6ccc(Br)cc6)O5)O4)O3)O2)O1. The number of esters is 2. The van der Waals surface area contributed by atoms with Gasteiger partial charge in [-0.05, 0) is 168 Å². The number of benzene rings is 2. The van der Waals surface area contributed by atoms with Crippen molar-refractivity contribution in [2.75, 3.05) is 0 Å². The van der Waals surface area contributed by atoms with Crippen molar-refractivity contribution in [3.63, 3.8) is 0 Å². The second kappa shape index (κ2) is 15.1. The highest BCUT2D eigenvalue weighted by atomic mass is 79.9. The fourth-order valence-corrected chi connectivity index (χ4v) is 10.2. The van der Waals surface area contributed by atoms with E-state index in [1.54, 1.807) is 24.3 Å². The fourth-order valence-electron chi connectivity index (χ4n) is 9.66. The predicted molar refractivity (Wildman–Crippen MR) is 215 cm³/mol. The Hall–Kier alpha value is -1.86. The summed E-state index contributed by atoms with van der Waals surface area (Å²) in [5.74, 6) is -0.709. The van der Waals surface area contributed by atoms with E-state index in [-0.39, 0.29) is 48.6 Å². The van der Waals surface area contributed by atoms with Gasteiger partial charge in [-0.3, -0.25) is 0 Å². The Kier molecular flexibility index (Phi) is 11.3. The number of carbonyl (C=O) groups excluding carboxylic acids is 2. The molecule has 2 aromatic carbocycles. The van der Waals surface area contributed by atoms with Crippen LogP contribution >= 0.6 is 31.9 Å². The van der Waals surface area contributed by atoms with E-state index in [1.807, 2.05) is 52.0 Å². The van der Waals surface area contributed by atoms with Crippen LogP contribution in [0.15, 0.2) is 57.5 Å². The van der Waals surface area contributed by atoms with E-state index in [4.69, 9.17) is 33.2 Å². The molecule has 5 fully saturated rings. The Morgan fingerprint density at radius 1 is 0.527 bits per heavy atom. The van der Waals surface area contributed by atoms with E-state index in [2.05, 4.69) is 59.6 Å².